The van der Waals surface area contributed by atoms with Crippen LogP contribution in [0.15, 0.2) is 18.2 Å². The third kappa shape index (κ3) is 5.32. The Morgan fingerprint density at radius 3 is 2.88 bits per heavy atom. The average molecular weight is 332 g/mol. The van der Waals surface area contributed by atoms with Gasteiger partial charge in [0.05, 0.1) is 12.5 Å². The van der Waals surface area contributed by atoms with Gasteiger partial charge in [-0.3, -0.25) is 14.5 Å². The summed E-state index contributed by atoms with van der Waals surface area (Å²) >= 11 is 0. The topological polar surface area (TPSA) is 87.5 Å². The van der Waals surface area contributed by atoms with Gasteiger partial charge in [0.25, 0.3) is 0 Å². The van der Waals surface area contributed by atoms with E-state index in [-0.39, 0.29) is 17.7 Å². The molecule has 1 heterocycles. The number of nitrogens with one attached hydrogen (secondary N) is 2. The molecule has 1 atom stereocenters. The van der Waals surface area contributed by atoms with Crippen molar-refractivity contribution in [3.05, 3.63) is 29.3 Å². The third-order valence-corrected chi connectivity index (χ3v) is 4.35. The van der Waals surface area contributed by atoms with Crippen molar-refractivity contribution in [2.45, 2.75) is 26.7 Å². The molecular weight excluding hydrogens is 304 g/mol. The molecule has 4 N–H and O–H groups in total. The van der Waals surface area contributed by atoms with E-state index in [1.54, 1.807) is 0 Å². The summed E-state index contributed by atoms with van der Waals surface area (Å²) < 4.78 is 0. The molecule has 1 unspecified atom stereocenters. The fourth-order valence-electron chi connectivity index (χ4n) is 3.02. The van der Waals surface area contributed by atoms with E-state index in [1.165, 1.54) is 0 Å². The van der Waals surface area contributed by atoms with E-state index in [1.807, 2.05) is 32.0 Å². The number of hydrogen-bond acceptors (Lipinski definition) is 4. The van der Waals surface area contributed by atoms with Crippen LogP contribution in [-0.4, -0.2) is 49.4 Å². The van der Waals surface area contributed by atoms with E-state index in [9.17, 15) is 9.59 Å². The maximum atomic E-state index is 12.3. The molecule has 0 saturated carbocycles. The Morgan fingerprint density at radius 2 is 2.12 bits per heavy atom. The smallest absolute Gasteiger partial charge is 0.238 e. The number of nitrogens with two attached hydrogens (primary N) is 1. The van der Waals surface area contributed by atoms with Gasteiger partial charge in [-0.1, -0.05) is 12.1 Å². The van der Waals surface area contributed by atoms with Gasteiger partial charge in [-0.25, -0.2) is 0 Å². The van der Waals surface area contributed by atoms with Crippen molar-refractivity contribution < 1.29 is 9.59 Å². The minimum atomic E-state index is -0.0567. The van der Waals surface area contributed by atoms with Crippen LogP contribution >= 0.6 is 0 Å². The molecule has 6 nitrogen and oxygen atoms in total. The minimum Gasteiger partial charge on any atom is -0.355 e. The summed E-state index contributed by atoms with van der Waals surface area (Å²) in [5, 5.41) is 5.82. The van der Waals surface area contributed by atoms with Crippen LogP contribution in [0.1, 0.15) is 24.0 Å². The number of hydrogen-bond donors (Lipinski definition) is 3. The standard InChI is InChI=1S/C18H28N4O2/c1-13-5-6-14(2)16(10-13)21-17(23)12-22-9-3-4-15(11-22)18(24)20-8-7-19/h5-6,10,15H,3-4,7-9,11-12,19H2,1-2H3,(H,20,24)(H,21,23). The van der Waals surface area contributed by atoms with Crippen LogP contribution in [0, 0.1) is 19.8 Å². The highest BCUT2D eigenvalue weighted by atomic mass is 16.2. The zero-order valence-corrected chi connectivity index (χ0v) is 14.6. The number of carbonyl (C=O) groups is 2. The van der Waals surface area contributed by atoms with Gasteiger partial charge >= 0.3 is 0 Å². The Balaban J connectivity index is 1.87. The lowest BCUT2D eigenvalue weighted by molar-refractivity contribution is -0.127. The number of carbonyl (C=O) groups excluding carboxylic acids is 2. The summed E-state index contributed by atoms with van der Waals surface area (Å²) in [4.78, 5) is 26.4. The summed E-state index contributed by atoms with van der Waals surface area (Å²) in [5.74, 6) is -0.0504. The molecule has 1 aliphatic heterocycles. The monoisotopic (exact) mass is 332 g/mol. The van der Waals surface area contributed by atoms with Gasteiger partial charge in [-0.05, 0) is 50.4 Å². The molecule has 1 saturated heterocycles. The van der Waals surface area contributed by atoms with Crippen molar-refractivity contribution >= 4 is 17.5 Å². The number of amides is 2. The summed E-state index contributed by atoms with van der Waals surface area (Å²) in [6.07, 6.45) is 1.79. The molecule has 0 spiro atoms. The van der Waals surface area contributed by atoms with E-state index in [2.05, 4.69) is 15.5 Å². The molecule has 1 fully saturated rings. The second-order valence-corrected chi connectivity index (χ2v) is 6.52. The van der Waals surface area contributed by atoms with Gasteiger partial charge < -0.3 is 16.4 Å². The van der Waals surface area contributed by atoms with Gasteiger partial charge in [-0.15, -0.1) is 0 Å². The average Bonchev–Trinajstić information content (AvgIpc) is 2.56. The van der Waals surface area contributed by atoms with Crippen molar-refractivity contribution in [2.75, 3.05) is 38.0 Å². The van der Waals surface area contributed by atoms with Crippen LogP contribution in [0.4, 0.5) is 5.69 Å². The van der Waals surface area contributed by atoms with Crippen LogP contribution < -0.4 is 16.4 Å². The largest absolute Gasteiger partial charge is 0.355 e. The van der Waals surface area contributed by atoms with Gasteiger partial charge in [0.2, 0.25) is 11.8 Å². The molecule has 24 heavy (non-hydrogen) atoms. The van der Waals surface area contributed by atoms with Crippen LogP contribution in [0.5, 0.6) is 0 Å². The van der Waals surface area contributed by atoms with Crippen LogP contribution in [0.3, 0.4) is 0 Å². The molecule has 0 aliphatic carbocycles. The number of likely N-dealkylation sites (tertiary alicyclic amines) is 1. The van der Waals surface area contributed by atoms with Crippen molar-refractivity contribution in [2.24, 2.45) is 11.7 Å². The molecule has 2 amide bonds. The number of benzene rings is 1. The van der Waals surface area contributed by atoms with Crippen molar-refractivity contribution in [1.82, 2.24) is 10.2 Å². The first-order valence-corrected chi connectivity index (χ1v) is 8.57. The van der Waals surface area contributed by atoms with Gasteiger partial charge in [0.1, 0.15) is 0 Å². The predicted molar refractivity (Wildman–Crippen MR) is 95.8 cm³/mol. The number of anilines is 1. The van der Waals surface area contributed by atoms with E-state index in [0.717, 1.165) is 36.2 Å². The lowest BCUT2D eigenvalue weighted by Crippen LogP contribution is -2.46. The van der Waals surface area contributed by atoms with Crippen LogP contribution in [0.25, 0.3) is 0 Å². The molecule has 6 heteroatoms. The van der Waals surface area contributed by atoms with Crippen molar-refractivity contribution in [3.8, 4) is 0 Å². The molecule has 1 aromatic carbocycles. The van der Waals surface area contributed by atoms with E-state index >= 15 is 0 Å². The number of nitrogens with zero attached hydrogens (tertiary/aromatic N) is 1. The normalized spacial score (nSPS) is 18.2. The Morgan fingerprint density at radius 1 is 1.33 bits per heavy atom. The summed E-state index contributed by atoms with van der Waals surface area (Å²) in [6, 6.07) is 6.01. The lowest BCUT2D eigenvalue weighted by Gasteiger charge is -2.31. The summed E-state index contributed by atoms with van der Waals surface area (Å²) in [6.45, 7) is 6.71. The van der Waals surface area contributed by atoms with Gasteiger partial charge in [0.15, 0.2) is 0 Å². The molecule has 1 aliphatic rings. The van der Waals surface area contributed by atoms with E-state index < -0.39 is 0 Å². The maximum absolute atomic E-state index is 12.3. The second-order valence-electron chi connectivity index (χ2n) is 6.52. The first-order chi connectivity index (χ1) is 11.5. The molecule has 0 bridgehead atoms. The Kier molecular flexibility index (Phi) is 6.75. The first kappa shape index (κ1) is 18.4. The predicted octanol–water partition coefficient (Wildman–Crippen LogP) is 1.03. The van der Waals surface area contributed by atoms with Gasteiger partial charge in [-0.2, -0.15) is 0 Å². The number of aryl methyl sites for hydroxylation is 2. The maximum Gasteiger partial charge on any atom is 0.238 e. The van der Waals surface area contributed by atoms with E-state index in [0.29, 0.717) is 26.2 Å². The van der Waals surface area contributed by atoms with Crippen molar-refractivity contribution in [1.29, 1.82) is 0 Å². The Bertz CT molecular complexity index is 588. The third-order valence-electron chi connectivity index (χ3n) is 4.35. The second kappa shape index (κ2) is 8.80. The first-order valence-electron chi connectivity index (χ1n) is 8.57. The summed E-state index contributed by atoms with van der Waals surface area (Å²) in [5.41, 5.74) is 8.44. The lowest BCUT2D eigenvalue weighted by atomic mass is 9.97. The Hall–Kier alpha value is -1.92. The summed E-state index contributed by atoms with van der Waals surface area (Å²) in [7, 11) is 0. The minimum absolute atomic E-state index is 0.0354. The SMILES string of the molecule is Cc1ccc(C)c(NC(=O)CN2CCCC(C(=O)NCCN)C2)c1. The zero-order chi connectivity index (χ0) is 17.5. The van der Waals surface area contributed by atoms with E-state index in [4.69, 9.17) is 5.73 Å². The highest BCUT2D eigenvalue weighted by molar-refractivity contribution is 5.93. The highest BCUT2D eigenvalue weighted by Crippen LogP contribution is 2.18. The quantitative estimate of drug-likeness (QED) is 0.726. The highest BCUT2D eigenvalue weighted by Gasteiger charge is 2.26. The fourth-order valence-corrected chi connectivity index (χ4v) is 3.02. The van der Waals surface area contributed by atoms with Gasteiger partial charge in [0, 0.05) is 25.3 Å². The van der Waals surface area contributed by atoms with Crippen molar-refractivity contribution in [3.63, 3.8) is 0 Å². The Labute approximate surface area is 143 Å². The number of piperidine rings is 1. The molecule has 2 rings (SSSR count). The molecule has 0 radical (unpaired) electrons. The molecule has 132 valence electrons. The van der Waals surface area contributed by atoms with Crippen LogP contribution in [-0.2, 0) is 9.59 Å². The fraction of sp³-hybridized carbons (Fsp3) is 0.556. The van der Waals surface area contributed by atoms with Crippen LogP contribution in [0.2, 0.25) is 0 Å². The molecular formula is C18H28N4O2. The molecule has 1 aromatic rings. The number of rotatable bonds is 6. The zero-order valence-electron chi connectivity index (χ0n) is 14.6. The molecule has 0 aromatic heterocycles.